The van der Waals surface area contributed by atoms with Crippen LogP contribution in [0.5, 0.6) is 17.2 Å². The second-order valence-electron chi connectivity index (χ2n) is 9.02. The highest BCUT2D eigenvalue weighted by Gasteiger charge is 2.48. The standard InChI is InChI=1S/C30H28N2O6/c1-17(2)22-15-19(11-14-23(22)36-3)27(33)25-26(21-7-6-8-24(37-4)29(21)38-5)32(30(35)28(25)34)20-12-9-18(16-31)10-13-20/h6-15,17,26,33H,1-5H3/b27-25-. The Morgan fingerprint density at radius 1 is 0.947 bits per heavy atom. The second-order valence-corrected chi connectivity index (χ2v) is 9.02. The van der Waals surface area contributed by atoms with E-state index in [-0.39, 0.29) is 17.3 Å². The fraction of sp³-hybridized carbons (Fsp3) is 0.233. The second kappa shape index (κ2) is 10.7. The van der Waals surface area contributed by atoms with Crippen LogP contribution in [0.25, 0.3) is 5.76 Å². The molecule has 8 nitrogen and oxygen atoms in total. The van der Waals surface area contributed by atoms with E-state index in [1.165, 1.54) is 19.1 Å². The number of amides is 1. The Hall–Kier alpha value is -4.77. The zero-order valence-electron chi connectivity index (χ0n) is 21.8. The maximum atomic E-state index is 13.5. The van der Waals surface area contributed by atoms with Gasteiger partial charge in [-0.3, -0.25) is 14.5 Å². The van der Waals surface area contributed by atoms with Gasteiger partial charge in [0, 0.05) is 16.8 Å². The van der Waals surface area contributed by atoms with E-state index >= 15 is 0 Å². The minimum atomic E-state index is -1.03. The summed E-state index contributed by atoms with van der Waals surface area (Å²) in [7, 11) is 4.52. The molecule has 8 heteroatoms. The molecule has 1 atom stereocenters. The van der Waals surface area contributed by atoms with Gasteiger partial charge in [-0.1, -0.05) is 26.0 Å². The summed E-state index contributed by atoms with van der Waals surface area (Å²) in [6.07, 6.45) is 0. The number of hydrogen-bond donors (Lipinski definition) is 1. The van der Waals surface area contributed by atoms with Crippen LogP contribution in [0, 0.1) is 11.3 Å². The molecule has 4 rings (SSSR count). The number of rotatable bonds is 7. The van der Waals surface area contributed by atoms with Gasteiger partial charge in [0.05, 0.1) is 44.6 Å². The van der Waals surface area contributed by atoms with E-state index in [4.69, 9.17) is 14.2 Å². The van der Waals surface area contributed by atoms with Crippen molar-refractivity contribution in [3.05, 3.63) is 88.5 Å². The molecule has 0 bridgehead atoms. The number of anilines is 1. The van der Waals surface area contributed by atoms with Crippen LogP contribution in [0.4, 0.5) is 5.69 Å². The van der Waals surface area contributed by atoms with Crippen molar-refractivity contribution in [3.8, 4) is 23.3 Å². The lowest BCUT2D eigenvalue weighted by atomic mass is 9.92. The van der Waals surface area contributed by atoms with Crippen molar-refractivity contribution in [1.82, 2.24) is 0 Å². The fourth-order valence-corrected chi connectivity index (χ4v) is 4.71. The molecule has 1 heterocycles. The lowest BCUT2D eigenvalue weighted by Gasteiger charge is -2.27. The van der Waals surface area contributed by atoms with Gasteiger partial charge in [-0.05, 0) is 60.0 Å². The van der Waals surface area contributed by atoms with Crippen LogP contribution in [0.15, 0.2) is 66.2 Å². The first-order chi connectivity index (χ1) is 18.3. The van der Waals surface area contributed by atoms with Crippen LogP contribution in [0.3, 0.4) is 0 Å². The number of Topliss-reactive ketones (excluding diaryl/α,β-unsaturated/α-hetero) is 1. The predicted octanol–water partition coefficient (Wildman–Crippen LogP) is 5.33. The third-order valence-corrected chi connectivity index (χ3v) is 6.57. The minimum Gasteiger partial charge on any atom is -0.507 e. The summed E-state index contributed by atoms with van der Waals surface area (Å²) in [6.45, 7) is 3.99. The smallest absolute Gasteiger partial charge is 0.300 e. The van der Waals surface area contributed by atoms with E-state index < -0.39 is 17.7 Å². The summed E-state index contributed by atoms with van der Waals surface area (Å²) in [6, 6.07) is 17.6. The lowest BCUT2D eigenvalue weighted by molar-refractivity contribution is -0.132. The number of ketones is 1. The molecule has 3 aromatic rings. The van der Waals surface area contributed by atoms with Crippen LogP contribution in [0.1, 0.15) is 48.1 Å². The van der Waals surface area contributed by atoms with E-state index in [0.29, 0.717) is 39.6 Å². The van der Waals surface area contributed by atoms with Gasteiger partial charge < -0.3 is 19.3 Å². The van der Waals surface area contributed by atoms with Crippen LogP contribution < -0.4 is 19.1 Å². The van der Waals surface area contributed by atoms with Gasteiger partial charge in [0.25, 0.3) is 11.7 Å². The van der Waals surface area contributed by atoms with E-state index in [0.717, 1.165) is 5.56 Å². The van der Waals surface area contributed by atoms with Gasteiger partial charge in [0.1, 0.15) is 11.5 Å². The van der Waals surface area contributed by atoms with E-state index in [1.807, 2.05) is 19.9 Å². The quantitative estimate of drug-likeness (QED) is 0.259. The largest absolute Gasteiger partial charge is 0.507 e. The summed E-state index contributed by atoms with van der Waals surface area (Å²) < 4.78 is 16.6. The van der Waals surface area contributed by atoms with Gasteiger partial charge in [0.2, 0.25) is 0 Å². The molecule has 3 aromatic carbocycles. The Labute approximate surface area is 221 Å². The molecule has 0 aromatic heterocycles. The number of aliphatic hydroxyl groups is 1. The number of nitriles is 1. The average Bonchev–Trinajstić information content (AvgIpc) is 3.21. The monoisotopic (exact) mass is 512 g/mol. The summed E-state index contributed by atoms with van der Waals surface area (Å²) >= 11 is 0. The minimum absolute atomic E-state index is 0.0769. The number of hydrogen-bond acceptors (Lipinski definition) is 7. The Bertz CT molecular complexity index is 1470. The summed E-state index contributed by atoms with van der Waals surface area (Å²) in [5.74, 6) is -0.522. The molecule has 1 saturated heterocycles. The number of carbonyl (C=O) groups is 2. The zero-order valence-corrected chi connectivity index (χ0v) is 21.8. The number of nitrogens with zero attached hydrogens (tertiary/aromatic N) is 2. The van der Waals surface area contributed by atoms with Gasteiger partial charge in [-0.15, -0.1) is 0 Å². The molecular weight excluding hydrogens is 484 g/mol. The van der Waals surface area contributed by atoms with E-state index in [2.05, 4.69) is 0 Å². The van der Waals surface area contributed by atoms with Gasteiger partial charge in [-0.2, -0.15) is 5.26 Å². The molecule has 1 unspecified atom stereocenters. The molecule has 1 aliphatic rings. The van der Waals surface area contributed by atoms with E-state index in [9.17, 15) is 20.0 Å². The Morgan fingerprint density at radius 3 is 2.21 bits per heavy atom. The molecule has 0 aliphatic carbocycles. The Balaban J connectivity index is 2.01. The number of methoxy groups -OCH3 is 3. The number of benzene rings is 3. The zero-order chi connectivity index (χ0) is 27.6. The van der Waals surface area contributed by atoms with Crippen LogP contribution in [-0.2, 0) is 9.59 Å². The van der Waals surface area contributed by atoms with Crippen molar-refractivity contribution in [2.45, 2.75) is 25.8 Å². The summed E-state index contributed by atoms with van der Waals surface area (Å²) in [5, 5.41) is 20.8. The lowest BCUT2D eigenvalue weighted by Crippen LogP contribution is -2.29. The third kappa shape index (κ3) is 4.43. The van der Waals surface area contributed by atoms with Crippen molar-refractivity contribution in [2.24, 2.45) is 0 Å². The van der Waals surface area contributed by atoms with Crippen LogP contribution in [0.2, 0.25) is 0 Å². The van der Waals surface area contributed by atoms with Gasteiger partial charge >= 0.3 is 0 Å². The van der Waals surface area contributed by atoms with Gasteiger partial charge in [0.15, 0.2) is 11.5 Å². The van der Waals surface area contributed by atoms with Crippen molar-refractivity contribution >= 4 is 23.1 Å². The van der Waals surface area contributed by atoms with Gasteiger partial charge in [-0.25, -0.2) is 0 Å². The molecular formula is C30H28N2O6. The third-order valence-electron chi connectivity index (χ3n) is 6.57. The number of carbonyl (C=O) groups excluding carboxylic acids is 2. The highest BCUT2D eigenvalue weighted by Crippen LogP contribution is 2.47. The summed E-state index contributed by atoms with van der Waals surface area (Å²) in [4.78, 5) is 28.3. The van der Waals surface area contributed by atoms with Crippen LogP contribution >= 0.6 is 0 Å². The first-order valence-electron chi connectivity index (χ1n) is 12.0. The molecule has 0 spiro atoms. The number of aliphatic hydroxyl groups excluding tert-OH is 1. The predicted molar refractivity (Wildman–Crippen MR) is 143 cm³/mol. The average molecular weight is 513 g/mol. The normalized spacial score (nSPS) is 16.4. The highest BCUT2D eigenvalue weighted by molar-refractivity contribution is 6.51. The summed E-state index contributed by atoms with van der Waals surface area (Å²) in [5.41, 5.74) is 2.37. The van der Waals surface area contributed by atoms with E-state index in [1.54, 1.807) is 67.8 Å². The topological polar surface area (TPSA) is 109 Å². The Morgan fingerprint density at radius 2 is 1.63 bits per heavy atom. The molecule has 0 saturated carbocycles. The van der Waals surface area contributed by atoms with Crippen molar-refractivity contribution in [3.63, 3.8) is 0 Å². The molecule has 38 heavy (non-hydrogen) atoms. The van der Waals surface area contributed by atoms with Crippen molar-refractivity contribution < 1.29 is 28.9 Å². The molecule has 1 aliphatic heterocycles. The first-order valence-corrected chi connectivity index (χ1v) is 12.0. The number of ether oxygens (including phenoxy) is 3. The maximum Gasteiger partial charge on any atom is 0.300 e. The molecule has 194 valence electrons. The highest BCUT2D eigenvalue weighted by atomic mass is 16.5. The molecule has 0 radical (unpaired) electrons. The SMILES string of the molecule is COc1ccc(/C(O)=C2/C(=O)C(=O)N(c3ccc(C#N)cc3)C2c2cccc(OC)c2OC)cc1C(C)C. The van der Waals surface area contributed by atoms with Crippen molar-refractivity contribution in [2.75, 3.05) is 26.2 Å². The van der Waals surface area contributed by atoms with Crippen molar-refractivity contribution in [1.29, 1.82) is 5.26 Å². The Kier molecular flexibility index (Phi) is 7.40. The fourth-order valence-electron chi connectivity index (χ4n) is 4.71. The van der Waals surface area contributed by atoms with Crippen LogP contribution in [-0.4, -0.2) is 38.1 Å². The molecule has 1 amide bonds. The number of para-hydroxylation sites is 1. The molecule has 1 fully saturated rings. The first kappa shape index (κ1) is 26.3. The molecule has 1 N–H and O–H groups in total. The maximum absolute atomic E-state index is 13.5.